The van der Waals surface area contributed by atoms with E-state index in [9.17, 15) is 4.79 Å². The molecule has 1 amide bonds. The first-order valence-electron chi connectivity index (χ1n) is 8.27. The first-order valence-corrected chi connectivity index (χ1v) is 8.27. The van der Waals surface area contributed by atoms with E-state index < -0.39 is 0 Å². The molecule has 0 saturated carbocycles. The minimum atomic E-state index is 0.0887. The van der Waals surface area contributed by atoms with Gasteiger partial charge in [-0.05, 0) is 37.8 Å². The van der Waals surface area contributed by atoms with Crippen molar-refractivity contribution in [2.45, 2.75) is 58.4 Å². The van der Waals surface area contributed by atoms with E-state index in [1.165, 1.54) is 12.8 Å². The van der Waals surface area contributed by atoms with Crippen molar-refractivity contribution < 1.29 is 4.79 Å². The zero-order valence-corrected chi connectivity index (χ0v) is 13.3. The molecule has 1 aliphatic heterocycles. The van der Waals surface area contributed by atoms with E-state index in [0.717, 1.165) is 44.5 Å². The molecule has 1 aromatic heterocycles. The average Bonchev–Trinajstić information content (AvgIpc) is 2.78. The van der Waals surface area contributed by atoms with Crippen LogP contribution >= 0.6 is 0 Å². The molecule has 21 heavy (non-hydrogen) atoms. The van der Waals surface area contributed by atoms with Crippen molar-refractivity contribution >= 4 is 11.6 Å². The van der Waals surface area contributed by atoms with Crippen LogP contribution in [0.25, 0.3) is 0 Å². The molecule has 0 radical (unpaired) electrons. The fourth-order valence-corrected chi connectivity index (χ4v) is 2.91. The second kappa shape index (κ2) is 8.01. The Morgan fingerprint density at radius 2 is 2.19 bits per heavy atom. The van der Waals surface area contributed by atoms with Gasteiger partial charge < -0.3 is 10.2 Å². The smallest absolute Gasteiger partial charge is 0.272 e. The minimum absolute atomic E-state index is 0.0887. The third-order valence-electron chi connectivity index (χ3n) is 4.17. The summed E-state index contributed by atoms with van der Waals surface area (Å²) in [6, 6.07) is 4.17. The Morgan fingerprint density at radius 1 is 1.33 bits per heavy atom. The van der Waals surface area contributed by atoms with E-state index in [4.69, 9.17) is 0 Å². The molecule has 1 N–H and O–H groups in total. The van der Waals surface area contributed by atoms with Gasteiger partial charge in [0.25, 0.3) is 5.91 Å². The highest BCUT2D eigenvalue weighted by Crippen LogP contribution is 2.21. The normalized spacial score (nSPS) is 19.1. The number of carbonyl (C=O) groups excluding carboxylic acids is 1. The van der Waals surface area contributed by atoms with Gasteiger partial charge in [0.2, 0.25) is 0 Å². The molecule has 0 aliphatic carbocycles. The summed E-state index contributed by atoms with van der Waals surface area (Å²) in [5.74, 6) is 0.0887. The van der Waals surface area contributed by atoms with Gasteiger partial charge in [-0.2, -0.15) is 0 Å². The van der Waals surface area contributed by atoms with E-state index in [1.54, 1.807) is 6.20 Å². The molecular formula is C17H27N3O. The monoisotopic (exact) mass is 289 g/mol. The molecule has 1 unspecified atom stereocenters. The first-order chi connectivity index (χ1) is 10.3. The van der Waals surface area contributed by atoms with Gasteiger partial charge >= 0.3 is 0 Å². The topological polar surface area (TPSA) is 45.2 Å². The number of amides is 1. The van der Waals surface area contributed by atoms with Crippen LogP contribution in [0.2, 0.25) is 0 Å². The van der Waals surface area contributed by atoms with E-state index >= 15 is 0 Å². The van der Waals surface area contributed by atoms with Crippen LogP contribution in [-0.4, -0.2) is 34.9 Å². The molecule has 2 rings (SSSR count). The summed E-state index contributed by atoms with van der Waals surface area (Å²) < 4.78 is 0. The molecule has 1 fully saturated rings. The van der Waals surface area contributed by atoms with Gasteiger partial charge in [-0.25, -0.2) is 4.98 Å². The predicted molar refractivity (Wildman–Crippen MR) is 86.6 cm³/mol. The van der Waals surface area contributed by atoms with Crippen molar-refractivity contribution in [3.05, 3.63) is 24.0 Å². The van der Waals surface area contributed by atoms with Crippen LogP contribution in [0, 0.1) is 0 Å². The molecule has 2 heterocycles. The van der Waals surface area contributed by atoms with Crippen LogP contribution in [0.4, 0.5) is 5.69 Å². The van der Waals surface area contributed by atoms with Gasteiger partial charge in [-0.3, -0.25) is 4.79 Å². The largest absolute Gasteiger partial charge is 0.384 e. The van der Waals surface area contributed by atoms with Gasteiger partial charge in [-0.1, -0.05) is 26.7 Å². The lowest BCUT2D eigenvalue weighted by atomic mass is 10.1. The minimum Gasteiger partial charge on any atom is -0.384 e. The molecule has 0 bridgehead atoms. The zero-order valence-electron chi connectivity index (χ0n) is 13.3. The fraction of sp³-hybridized carbons (Fsp3) is 0.647. The maximum Gasteiger partial charge on any atom is 0.272 e. The Balaban J connectivity index is 2.06. The van der Waals surface area contributed by atoms with Gasteiger partial charge in [0.15, 0.2) is 0 Å². The Labute approximate surface area is 127 Å². The summed E-state index contributed by atoms with van der Waals surface area (Å²) in [5.41, 5.74) is 1.55. The summed E-state index contributed by atoms with van der Waals surface area (Å²) in [7, 11) is 0. The lowest BCUT2D eigenvalue weighted by Crippen LogP contribution is -2.40. The molecular weight excluding hydrogens is 262 g/mol. The van der Waals surface area contributed by atoms with Gasteiger partial charge in [0.05, 0.1) is 11.9 Å². The lowest BCUT2D eigenvalue weighted by Gasteiger charge is -2.29. The Bertz CT molecular complexity index is 444. The summed E-state index contributed by atoms with van der Waals surface area (Å²) in [5, 5.41) is 3.28. The van der Waals surface area contributed by atoms with Gasteiger partial charge in [0.1, 0.15) is 5.69 Å². The highest BCUT2D eigenvalue weighted by molar-refractivity contribution is 5.92. The average molecular weight is 289 g/mol. The quantitative estimate of drug-likeness (QED) is 0.899. The summed E-state index contributed by atoms with van der Waals surface area (Å²) >= 11 is 0. The molecule has 116 valence electrons. The number of nitrogens with zero attached hydrogens (tertiary/aromatic N) is 2. The SMILES string of the molecule is CCCNc1ccc(C(=O)N2CCCCCC2CC)nc1. The number of hydrogen-bond acceptors (Lipinski definition) is 3. The third kappa shape index (κ3) is 4.19. The molecule has 1 aliphatic rings. The Hall–Kier alpha value is -1.58. The number of hydrogen-bond donors (Lipinski definition) is 1. The molecule has 4 nitrogen and oxygen atoms in total. The van der Waals surface area contributed by atoms with Crippen LogP contribution in [-0.2, 0) is 0 Å². The van der Waals surface area contributed by atoms with Crippen molar-refractivity contribution in [3.63, 3.8) is 0 Å². The number of pyridine rings is 1. The number of rotatable bonds is 5. The predicted octanol–water partition coefficient (Wildman–Crippen LogP) is 3.70. The maximum atomic E-state index is 12.7. The molecule has 4 heteroatoms. The Morgan fingerprint density at radius 3 is 2.86 bits per heavy atom. The third-order valence-corrected chi connectivity index (χ3v) is 4.17. The Kier molecular flexibility index (Phi) is 6.03. The van der Waals surface area contributed by atoms with Crippen LogP contribution < -0.4 is 5.32 Å². The zero-order chi connectivity index (χ0) is 15.1. The van der Waals surface area contributed by atoms with Crippen LogP contribution in [0.15, 0.2) is 18.3 Å². The van der Waals surface area contributed by atoms with Gasteiger partial charge in [0, 0.05) is 19.1 Å². The first kappa shape index (κ1) is 15.8. The van der Waals surface area contributed by atoms with E-state index in [-0.39, 0.29) is 5.91 Å². The number of nitrogens with one attached hydrogen (secondary N) is 1. The number of carbonyl (C=O) groups is 1. The van der Waals surface area contributed by atoms with E-state index in [1.807, 2.05) is 17.0 Å². The lowest BCUT2D eigenvalue weighted by molar-refractivity contribution is 0.0672. The molecule has 1 atom stereocenters. The van der Waals surface area contributed by atoms with Gasteiger partial charge in [-0.15, -0.1) is 0 Å². The highest BCUT2D eigenvalue weighted by Gasteiger charge is 2.25. The molecule has 1 aromatic rings. The summed E-state index contributed by atoms with van der Waals surface area (Å²) in [6.07, 6.45) is 8.57. The summed E-state index contributed by atoms with van der Waals surface area (Å²) in [4.78, 5) is 19.1. The highest BCUT2D eigenvalue weighted by atomic mass is 16.2. The van der Waals surface area contributed by atoms with E-state index in [2.05, 4.69) is 24.1 Å². The van der Waals surface area contributed by atoms with Crippen LogP contribution in [0.3, 0.4) is 0 Å². The fourth-order valence-electron chi connectivity index (χ4n) is 2.91. The van der Waals surface area contributed by atoms with Crippen molar-refractivity contribution in [1.29, 1.82) is 0 Å². The van der Waals surface area contributed by atoms with Crippen LogP contribution in [0.1, 0.15) is 62.9 Å². The second-order valence-corrected chi connectivity index (χ2v) is 5.77. The summed E-state index contributed by atoms with van der Waals surface area (Å²) in [6.45, 7) is 6.10. The molecule has 0 spiro atoms. The van der Waals surface area contributed by atoms with Crippen molar-refractivity contribution in [2.24, 2.45) is 0 Å². The number of aromatic nitrogens is 1. The van der Waals surface area contributed by atoms with Crippen molar-refractivity contribution in [2.75, 3.05) is 18.4 Å². The van der Waals surface area contributed by atoms with Crippen molar-refractivity contribution in [3.8, 4) is 0 Å². The van der Waals surface area contributed by atoms with E-state index in [0.29, 0.717) is 11.7 Å². The number of likely N-dealkylation sites (tertiary alicyclic amines) is 1. The maximum absolute atomic E-state index is 12.7. The molecule has 1 saturated heterocycles. The standard InChI is InChI=1S/C17H27N3O/c1-3-11-18-14-9-10-16(19-13-14)17(21)20-12-7-5-6-8-15(20)4-2/h9-10,13,15,18H,3-8,11-12H2,1-2H3. The van der Waals surface area contributed by atoms with Crippen LogP contribution in [0.5, 0.6) is 0 Å². The molecule has 0 aromatic carbocycles. The van der Waals surface area contributed by atoms with Crippen molar-refractivity contribution in [1.82, 2.24) is 9.88 Å². The second-order valence-electron chi connectivity index (χ2n) is 5.77. The number of anilines is 1.